The summed E-state index contributed by atoms with van der Waals surface area (Å²) in [5.74, 6) is 0.931. The molecule has 0 saturated carbocycles. The van der Waals surface area contributed by atoms with Crippen LogP contribution in [0.1, 0.15) is 21.8 Å². The Morgan fingerprint density at radius 2 is 2.22 bits per heavy atom. The molecule has 0 aromatic carbocycles. The van der Waals surface area contributed by atoms with Gasteiger partial charge in [0.05, 0.1) is 0 Å². The molecule has 0 radical (unpaired) electrons. The van der Waals surface area contributed by atoms with Gasteiger partial charge in [-0.25, -0.2) is 9.97 Å². The largest absolute Gasteiger partial charge is 0.360 e. The third-order valence-electron chi connectivity index (χ3n) is 2.93. The van der Waals surface area contributed by atoms with E-state index in [1.54, 1.807) is 25.4 Å². The molecular formula is C15H14N6O2. The Balaban J connectivity index is 1.65. The number of hydrogen-bond donors (Lipinski definition) is 2. The number of nitrogens with zero attached hydrogens (tertiary/aromatic N) is 4. The van der Waals surface area contributed by atoms with Crippen molar-refractivity contribution in [1.82, 2.24) is 20.1 Å². The average Bonchev–Trinajstić information content (AvgIpc) is 2.99. The van der Waals surface area contributed by atoms with Crippen molar-refractivity contribution >= 4 is 17.7 Å². The fourth-order valence-electron chi connectivity index (χ4n) is 1.86. The number of aromatic nitrogens is 4. The predicted octanol–water partition coefficient (Wildman–Crippen LogP) is 2.03. The standard InChI is InChI=1S/C15H14N6O2/c1-10-7-13(21-23-10)20-14(22)12-4-6-17-15(19-12)18-9-11-3-2-5-16-8-11/h2-8H,9H2,1H3,(H,17,18,19)(H,20,21,22). The molecule has 0 unspecified atom stereocenters. The molecule has 0 aliphatic carbocycles. The lowest BCUT2D eigenvalue weighted by Crippen LogP contribution is -2.15. The van der Waals surface area contributed by atoms with Crippen LogP contribution >= 0.6 is 0 Å². The molecule has 0 atom stereocenters. The number of anilines is 2. The Labute approximate surface area is 132 Å². The van der Waals surface area contributed by atoms with E-state index in [0.717, 1.165) is 5.56 Å². The van der Waals surface area contributed by atoms with E-state index in [0.29, 0.717) is 24.1 Å². The summed E-state index contributed by atoms with van der Waals surface area (Å²) in [6.45, 7) is 2.26. The SMILES string of the molecule is Cc1cc(NC(=O)c2ccnc(NCc3cccnc3)n2)no1. The van der Waals surface area contributed by atoms with E-state index in [4.69, 9.17) is 4.52 Å². The van der Waals surface area contributed by atoms with Gasteiger partial charge in [0.2, 0.25) is 5.95 Å². The van der Waals surface area contributed by atoms with E-state index in [1.807, 2.05) is 12.1 Å². The van der Waals surface area contributed by atoms with E-state index in [1.165, 1.54) is 12.3 Å². The molecule has 0 spiro atoms. The molecule has 0 bridgehead atoms. The molecular weight excluding hydrogens is 296 g/mol. The molecule has 0 aliphatic rings. The summed E-state index contributed by atoms with van der Waals surface area (Å²) < 4.78 is 4.90. The van der Waals surface area contributed by atoms with Crippen molar-refractivity contribution in [2.45, 2.75) is 13.5 Å². The van der Waals surface area contributed by atoms with Gasteiger partial charge in [0, 0.05) is 31.2 Å². The number of rotatable bonds is 5. The lowest BCUT2D eigenvalue weighted by Gasteiger charge is -2.06. The van der Waals surface area contributed by atoms with Crippen LogP contribution in [-0.2, 0) is 6.54 Å². The van der Waals surface area contributed by atoms with Crippen molar-refractivity contribution in [3.8, 4) is 0 Å². The summed E-state index contributed by atoms with van der Waals surface area (Å²) in [6.07, 6.45) is 4.97. The van der Waals surface area contributed by atoms with Crippen LogP contribution in [0.3, 0.4) is 0 Å². The van der Waals surface area contributed by atoms with Gasteiger partial charge in [0.15, 0.2) is 5.82 Å². The van der Waals surface area contributed by atoms with Crippen molar-refractivity contribution in [2.24, 2.45) is 0 Å². The quantitative estimate of drug-likeness (QED) is 0.742. The van der Waals surface area contributed by atoms with Gasteiger partial charge in [-0.1, -0.05) is 11.2 Å². The van der Waals surface area contributed by atoms with Crippen LogP contribution in [0.15, 0.2) is 47.4 Å². The predicted molar refractivity (Wildman–Crippen MR) is 82.8 cm³/mol. The van der Waals surface area contributed by atoms with Crippen LogP contribution in [0.5, 0.6) is 0 Å². The van der Waals surface area contributed by atoms with Crippen molar-refractivity contribution in [2.75, 3.05) is 10.6 Å². The van der Waals surface area contributed by atoms with Crippen molar-refractivity contribution < 1.29 is 9.32 Å². The molecule has 3 aromatic heterocycles. The first-order valence-electron chi connectivity index (χ1n) is 6.91. The number of hydrogen-bond acceptors (Lipinski definition) is 7. The normalized spacial score (nSPS) is 10.3. The van der Waals surface area contributed by atoms with Gasteiger partial charge in [-0.3, -0.25) is 9.78 Å². The van der Waals surface area contributed by atoms with Crippen LogP contribution in [0.2, 0.25) is 0 Å². The third kappa shape index (κ3) is 3.88. The Kier molecular flexibility index (Phi) is 4.23. The highest BCUT2D eigenvalue weighted by molar-refractivity contribution is 6.02. The summed E-state index contributed by atoms with van der Waals surface area (Å²) in [5, 5.41) is 9.36. The van der Waals surface area contributed by atoms with E-state index in [2.05, 4.69) is 30.7 Å². The molecule has 3 rings (SSSR count). The highest BCUT2D eigenvalue weighted by Gasteiger charge is 2.11. The summed E-state index contributed by atoms with van der Waals surface area (Å²) in [7, 11) is 0. The molecule has 23 heavy (non-hydrogen) atoms. The van der Waals surface area contributed by atoms with Crippen LogP contribution in [0.25, 0.3) is 0 Å². The van der Waals surface area contributed by atoms with E-state index < -0.39 is 0 Å². The number of aryl methyl sites for hydroxylation is 1. The maximum Gasteiger partial charge on any atom is 0.275 e. The van der Waals surface area contributed by atoms with Crippen LogP contribution < -0.4 is 10.6 Å². The lowest BCUT2D eigenvalue weighted by molar-refractivity contribution is 0.102. The molecule has 0 aliphatic heterocycles. The highest BCUT2D eigenvalue weighted by atomic mass is 16.5. The van der Waals surface area contributed by atoms with Gasteiger partial charge in [-0.05, 0) is 24.6 Å². The van der Waals surface area contributed by atoms with Gasteiger partial charge in [0.1, 0.15) is 11.5 Å². The first kappa shape index (κ1) is 14.6. The van der Waals surface area contributed by atoms with Crippen molar-refractivity contribution in [3.63, 3.8) is 0 Å². The van der Waals surface area contributed by atoms with Crippen LogP contribution in [0, 0.1) is 6.92 Å². The third-order valence-corrected chi connectivity index (χ3v) is 2.93. The zero-order valence-electron chi connectivity index (χ0n) is 12.4. The maximum atomic E-state index is 12.1. The lowest BCUT2D eigenvalue weighted by atomic mass is 10.3. The topological polar surface area (TPSA) is 106 Å². The number of nitrogens with one attached hydrogen (secondary N) is 2. The molecule has 116 valence electrons. The molecule has 8 heteroatoms. The van der Waals surface area contributed by atoms with E-state index >= 15 is 0 Å². The Hall–Kier alpha value is -3.29. The Bertz CT molecular complexity index is 802. The molecule has 0 fully saturated rings. The van der Waals surface area contributed by atoms with E-state index in [9.17, 15) is 4.79 Å². The van der Waals surface area contributed by atoms with Gasteiger partial charge in [-0.2, -0.15) is 0 Å². The summed E-state index contributed by atoms with van der Waals surface area (Å²) in [4.78, 5) is 24.4. The van der Waals surface area contributed by atoms with Crippen LogP contribution in [0.4, 0.5) is 11.8 Å². The van der Waals surface area contributed by atoms with Gasteiger partial charge >= 0.3 is 0 Å². The number of carbonyl (C=O) groups excluding carboxylic acids is 1. The first-order valence-corrected chi connectivity index (χ1v) is 6.91. The number of carbonyl (C=O) groups is 1. The minimum absolute atomic E-state index is 0.231. The maximum absolute atomic E-state index is 12.1. The van der Waals surface area contributed by atoms with Crippen LogP contribution in [-0.4, -0.2) is 26.0 Å². The van der Waals surface area contributed by atoms with E-state index in [-0.39, 0.29) is 11.6 Å². The molecule has 3 aromatic rings. The Morgan fingerprint density at radius 3 is 2.96 bits per heavy atom. The molecule has 8 nitrogen and oxygen atoms in total. The monoisotopic (exact) mass is 310 g/mol. The fourth-order valence-corrected chi connectivity index (χ4v) is 1.86. The average molecular weight is 310 g/mol. The second-order valence-corrected chi connectivity index (χ2v) is 4.76. The van der Waals surface area contributed by atoms with Crippen molar-refractivity contribution in [3.05, 3.63) is 59.9 Å². The minimum Gasteiger partial charge on any atom is -0.360 e. The van der Waals surface area contributed by atoms with Gasteiger partial charge < -0.3 is 15.2 Å². The summed E-state index contributed by atoms with van der Waals surface area (Å²) >= 11 is 0. The molecule has 2 N–H and O–H groups in total. The van der Waals surface area contributed by atoms with Crippen molar-refractivity contribution in [1.29, 1.82) is 0 Å². The smallest absolute Gasteiger partial charge is 0.275 e. The van der Waals surface area contributed by atoms with Gasteiger partial charge in [-0.15, -0.1) is 0 Å². The Morgan fingerprint density at radius 1 is 1.30 bits per heavy atom. The minimum atomic E-state index is -0.384. The zero-order chi connectivity index (χ0) is 16.1. The molecule has 3 heterocycles. The first-order chi connectivity index (χ1) is 11.2. The molecule has 0 saturated heterocycles. The number of amides is 1. The summed E-state index contributed by atoms with van der Waals surface area (Å²) in [6, 6.07) is 6.93. The molecule has 1 amide bonds. The highest BCUT2D eigenvalue weighted by Crippen LogP contribution is 2.09. The number of pyridine rings is 1. The zero-order valence-corrected chi connectivity index (χ0v) is 12.4. The van der Waals surface area contributed by atoms with Gasteiger partial charge in [0.25, 0.3) is 5.91 Å². The second kappa shape index (κ2) is 6.65. The second-order valence-electron chi connectivity index (χ2n) is 4.76. The fraction of sp³-hybridized carbons (Fsp3) is 0.133. The summed E-state index contributed by atoms with van der Waals surface area (Å²) in [5.41, 5.74) is 1.22.